The summed E-state index contributed by atoms with van der Waals surface area (Å²) in [6.07, 6.45) is 6.47. The molecule has 0 aromatic rings. The van der Waals surface area contributed by atoms with Gasteiger partial charge in [0, 0.05) is 6.54 Å². The van der Waals surface area contributed by atoms with Crippen molar-refractivity contribution in [3.8, 4) is 6.07 Å². The molecule has 1 unspecified atom stereocenters. The van der Waals surface area contributed by atoms with Crippen molar-refractivity contribution in [1.82, 2.24) is 4.72 Å². The lowest BCUT2D eigenvalue weighted by Gasteiger charge is -2.11. The van der Waals surface area contributed by atoms with Crippen LogP contribution in [0.5, 0.6) is 0 Å². The molecule has 0 rings (SSSR count). The first-order valence-corrected chi connectivity index (χ1v) is 8.01. The Morgan fingerprint density at radius 3 is 2.29 bits per heavy atom. The highest BCUT2D eigenvalue weighted by Gasteiger charge is 2.23. The number of hydrogen-bond acceptors (Lipinski definition) is 3. The van der Waals surface area contributed by atoms with Gasteiger partial charge in [0.25, 0.3) is 0 Å². The maximum atomic E-state index is 11.7. The van der Waals surface area contributed by atoms with Crippen LogP contribution in [0, 0.1) is 11.3 Å². The van der Waals surface area contributed by atoms with Gasteiger partial charge in [-0.05, 0) is 12.8 Å². The van der Waals surface area contributed by atoms with Crippen LogP contribution in [0.3, 0.4) is 0 Å². The largest absolute Gasteiger partial charge is 0.227 e. The molecule has 0 spiro atoms. The van der Waals surface area contributed by atoms with Crippen molar-refractivity contribution in [2.75, 3.05) is 6.54 Å². The highest BCUT2D eigenvalue weighted by atomic mass is 32.2. The summed E-state index contributed by atoms with van der Waals surface area (Å²) in [5.74, 6) is 0. The van der Waals surface area contributed by atoms with Gasteiger partial charge < -0.3 is 0 Å². The Bertz CT molecular complexity index is 320. The van der Waals surface area contributed by atoms with Gasteiger partial charge in [-0.2, -0.15) is 5.26 Å². The third-order valence-corrected chi connectivity index (χ3v) is 4.34. The average molecular weight is 260 g/mol. The highest BCUT2D eigenvalue weighted by molar-refractivity contribution is 7.90. The van der Waals surface area contributed by atoms with Crippen molar-refractivity contribution in [1.29, 1.82) is 5.26 Å². The molecular weight excluding hydrogens is 236 g/mol. The molecule has 0 bridgehead atoms. The van der Waals surface area contributed by atoms with Crippen LogP contribution in [0.25, 0.3) is 0 Å². The van der Waals surface area contributed by atoms with E-state index in [0.717, 1.165) is 32.1 Å². The number of sulfonamides is 1. The first-order chi connectivity index (χ1) is 8.08. The van der Waals surface area contributed by atoms with Crippen molar-refractivity contribution in [2.24, 2.45) is 0 Å². The van der Waals surface area contributed by atoms with E-state index in [1.54, 1.807) is 0 Å². The molecule has 0 radical (unpaired) electrons. The second kappa shape index (κ2) is 9.43. The average Bonchev–Trinajstić information content (AvgIpc) is 2.31. The van der Waals surface area contributed by atoms with Crippen LogP contribution >= 0.6 is 0 Å². The lowest BCUT2D eigenvalue weighted by Crippen LogP contribution is -2.34. The fourth-order valence-electron chi connectivity index (χ4n) is 1.57. The minimum atomic E-state index is -3.44. The summed E-state index contributed by atoms with van der Waals surface area (Å²) in [6.45, 7) is 4.45. The topological polar surface area (TPSA) is 70.0 Å². The molecule has 0 aromatic heterocycles. The van der Waals surface area contributed by atoms with Gasteiger partial charge in [0.15, 0.2) is 5.25 Å². The molecule has 17 heavy (non-hydrogen) atoms. The summed E-state index contributed by atoms with van der Waals surface area (Å²) in [6, 6.07) is 1.89. The lowest BCUT2D eigenvalue weighted by molar-refractivity contribution is 0.557. The van der Waals surface area contributed by atoms with Crippen molar-refractivity contribution < 1.29 is 8.42 Å². The molecular formula is C12H24N2O2S. The van der Waals surface area contributed by atoms with Gasteiger partial charge in [0.1, 0.15) is 0 Å². The van der Waals surface area contributed by atoms with E-state index in [1.807, 2.05) is 13.0 Å². The quantitative estimate of drug-likeness (QED) is 0.614. The molecule has 0 saturated carbocycles. The van der Waals surface area contributed by atoms with Gasteiger partial charge in [-0.1, -0.05) is 46.0 Å². The monoisotopic (exact) mass is 260 g/mol. The smallest absolute Gasteiger partial charge is 0.214 e. The highest BCUT2D eigenvalue weighted by Crippen LogP contribution is 2.11. The molecule has 0 heterocycles. The Kier molecular flexibility index (Phi) is 9.10. The molecule has 100 valence electrons. The molecule has 0 aromatic carbocycles. The molecule has 4 nitrogen and oxygen atoms in total. The number of unbranched alkanes of at least 4 members (excludes halogenated alkanes) is 4. The standard InChI is InChI=1S/C12H24N2O2S/c1-3-5-6-7-8-9-12(11-13)17(15,16)14-10-4-2/h12,14H,3-10H2,1-2H3. The fraction of sp³-hybridized carbons (Fsp3) is 0.917. The molecule has 1 atom stereocenters. The lowest BCUT2D eigenvalue weighted by atomic mass is 10.1. The predicted molar refractivity (Wildman–Crippen MR) is 70.0 cm³/mol. The van der Waals surface area contributed by atoms with E-state index in [2.05, 4.69) is 11.6 Å². The van der Waals surface area contributed by atoms with E-state index in [1.165, 1.54) is 6.42 Å². The number of rotatable bonds is 10. The summed E-state index contributed by atoms with van der Waals surface area (Å²) >= 11 is 0. The van der Waals surface area contributed by atoms with Crippen LogP contribution in [-0.4, -0.2) is 20.2 Å². The van der Waals surface area contributed by atoms with Gasteiger partial charge >= 0.3 is 0 Å². The van der Waals surface area contributed by atoms with E-state index in [4.69, 9.17) is 5.26 Å². The minimum Gasteiger partial charge on any atom is -0.214 e. The minimum absolute atomic E-state index is 0.413. The van der Waals surface area contributed by atoms with Gasteiger partial charge in [-0.15, -0.1) is 0 Å². The van der Waals surface area contributed by atoms with E-state index in [0.29, 0.717) is 13.0 Å². The molecule has 0 amide bonds. The zero-order valence-electron chi connectivity index (χ0n) is 10.9. The van der Waals surface area contributed by atoms with Crippen molar-refractivity contribution in [3.05, 3.63) is 0 Å². The number of nitrogens with one attached hydrogen (secondary N) is 1. The Morgan fingerprint density at radius 1 is 1.12 bits per heavy atom. The summed E-state index contributed by atoms with van der Waals surface area (Å²) in [5.41, 5.74) is 0. The molecule has 0 aliphatic carbocycles. The molecule has 1 N–H and O–H groups in total. The van der Waals surface area contributed by atoms with Crippen LogP contribution in [-0.2, 0) is 10.0 Å². The van der Waals surface area contributed by atoms with Crippen molar-refractivity contribution in [2.45, 2.75) is 64.0 Å². The van der Waals surface area contributed by atoms with E-state index < -0.39 is 15.3 Å². The molecule has 0 aliphatic rings. The Hall–Kier alpha value is -0.600. The van der Waals surface area contributed by atoms with Crippen LogP contribution in [0.2, 0.25) is 0 Å². The normalized spacial score (nSPS) is 13.2. The predicted octanol–water partition coefficient (Wildman–Crippen LogP) is 2.57. The molecule has 5 heteroatoms. The molecule has 0 fully saturated rings. The SMILES string of the molecule is CCCCCCCC(C#N)S(=O)(=O)NCCC. The second-order valence-corrected chi connectivity index (χ2v) is 6.21. The summed E-state index contributed by atoms with van der Waals surface area (Å²) in [5, 5.41) is 8.00. The zero-order chi connectivity index (χ0) is 13.1. The van der Waals surface area contributed by atoms with Gasteiger partial charge in [-0.3, -0.25) is 0 Å². The van der Waals surface area contributed by atoms with Gasteiger partial charge in [-0.25, -0.2) is 13.1 Å². The van der Waals surface area contributed by atoms with E-state index in [-0.39, 0.29) is 0 Å². The Labute approximate surface area is 105 Å². The number of hydrogen-bond donors (Lipinski definition) is 1. The van der Waals surface area contributed by atoms with Crippen LogP contribution in [0.15, 0.2) is 0 Å². The van der Waals surface area contributed by atoms with E-state index in [9.17, 15) is 8.42 Å². The summed E-state index contributed by atoms with van der Waals surface area (Å²) in [4.78, 5) is 0. The third kappa shape index (κ3) is 7.35. The Morgan fingerprint density at radius 2 is 1.76 bits per heavy atom. The fourth-order valence-corrected chi connectivity index (χ4v) is 2.87. The first-order valence-electron chi connectivity index (χ1n) is 6.46. The number of nitrogens with zero attached hydrogens (tertiary/aromatic N) is 1. The van der Waals surface area contributed by atoms with Crippen molar-refractivity contribution >= 4 is 10.0 Å². The summed E-state index contributed by atoms with van der Waals surface area (Å²) in [7, 11) is -3.44. The Balaban J connectivity index is 4.02. The molecule has 0 saturated heterocycles. The maximum absolute atomic E-state index is 11.7. The van der Waals surface area contributed by atoms with Gasteiger partial charge in [0.2, 0.25) is 10.0 Å². The van der Waals surface area contributed by atoms with Crippen molar-refractivity contribution in [3.63, 3.8) is 0 Å². The molecule has 0 aliphatic heterocycles. The van der Waals surface area contributed by atoms with Crippen LogP contribution < -0.4 is 4.72 Å². The van der Waals surface area contributed by atoms with Crippen LogP contribution in [0.1, 0.15) is 58.8 Å². The van der Waals surface area contributed by atoms with Gasteiger partial charge in [0.05, 0.1) is 6.07 Å². The van der Waals surface area contributed by atoms with Crippen LogP contribution in [0.4, 0.5) is 0 Å². The second-order valence-electron chi connectivity index (χ2n) is 4.26. The number of nitriles is 1. The summed E-state index contributed by atoms with van der Waals surface area (Å²) < 4.78 is 25.9. The maximum Gasteiger partial charge on any atom is 0.227 e. The third-order valence-electron chi connectivity index (χ3n) is 2.64. The zero-order valence-corrected chi connectivity index (χ0v) is 11.7. The van der Waals surface area contributed by atoms with E-state index >= 15 is 0 Å². The first kappa shape index (κ1) is 16.4.